The highest BCUT2D eigenvalue weighted by Crippen LogP contribution is 2.14. The van der Waals surface area contributed by atoms with Crippen molar-refractivity contribution in [2.45, 2.75) is 65.3 Å². The number of hydrogen-bond acceptors (Lipinski definition) is 6. The maximum atomic E-state index is 13.0. The lowest BCUT2D eigenvalue weighted by Crippen LogP contribution is -2.52. The van der Waals surface area contributed by atoms with Crippen LogP contribution in [0.5, 0.6) is 0 Å². The predicted molar refractivity (Wildman–Crippen MR) is 136 cm³/mol. The Bertz CT molecular complexity index is 850. The second-order valence-electron chi connectivity index (χ2n) is 9.61. The van der Waals surface area contributed by atoms with Crippen molar-refractivity contribution >= 4 is 36.1 Å². The number of nitrogens with one attached hydrogen (secondary N) is 3. The topological polar surface area (TPSA) is 117 Å². The number of halogens is 1. The summed E-state index contributed by atoms with van der Waals surface area (Å²) >= 11 is 0. The Balaban J connectivity index is 0.00000612. The monoisotopic (exact) mass is 510 g/mol. The van der Waals surface area contributed by atoms with E-state index in [9.17, 15) is 19.2 Å². The first kappa shape index (κ1) is 30.4. The fourth-order valence-electron chi connectivity index (χ4n) is 3.90. The van der Waals surface area contributed by atoms with Gasteiger partial charge in [-0.2, -0.15) is 0 Å². The van der Waals surface area contributed by atoms with E-state index in [-0.39, 0.29) is 55.8 Å². The van der Waals surface area contributed by atoms with Gasteiger partial charge in [0.2, 0.25) is 11.8 Å². The van der Waals surface area contributed by atoms with Crippen molar-refractivity contribution in [3.63, 3.8) is 0 Å². The molecule has 1 fully saturated rings. The first-order chi connectivity index (χ1) is 16.1. The van der Waals surface area contributed by atoms with E-state index < -0.39 is 24.1 Å². The lowest BCUT2D eigenvalue weighted by molar-refractivity contribution is -0.134. The van der Waals surface area contributed by atoms with Gasteiger partial charge in [-0.05, 0) is 37.3 Å². The van der Waals surface area contributed by atoms with Gasteiger partial charge in [0.25, 0.3) is 0 Å². The third-order valence-electron chi connectivity index (χ3n) is 5.65. The average molecular weight is 511 g/mol. The van der Waals surface area contributed by atoms with Gasteiger partial charge in [0.1, 0.15) is 18.7 Å². The Morgan fingerprint density at radius 3 is 2.20 bits per heavy atom. The number of benzene rings is 1. The van der Waals surface area contributed by atoms with Crippen LogP contribution in [0, 0.1) is 11.8 Å². The molecule has 3 amide bonds. The normalized spacial score (nSPS) is 17.1. The maximum Gasteiger partial charge on any atom is 0.408 e. The lowest BCUT2D eigenvalue weighted by Gasteiger charge is -2.24. The van der Waals surface area contributed by atoms with Crippen molar-refractivity contribution in [2.75, 3.05) is 20.1 Å². The van der Waals surface area contributed by atoms with Crippen LogP contribution in [0.4, 0.5) is 4.79 Å². The molecule has 1 unspecified atom stereocenters. The van der Waals surface area contributed by atoms with Crippen LogP contribution in [0.2, 0.25) is 0 Å². The summed E-state index contributed by atoms with van der Waals surface area (Å²) < 4.78 is 5.24. The number of Topliss-reactive ketones (excluding diaryl/α,β-unsaturated/α-hetero) is 1. The minimum Gasteiger partial charge on any atom is -0.445 e. The van der Waals surface area contributed by atoms with Gasteiger partial charge in [-0.3, -0.25) is 14.4 Å². The number of carbonyl (C=O) groups is 4. The number of ether oxygens (including phenoxy) is 1. The van der Waals surface area contributed by atoms with Gasteiger partial charge in [0.15, 0.2) is 5.78 Å². The number of amides is 3. The van der Waals surface area contributed by atoms with Crippen molar-refractivity contribution < 1.29 is 23.9 Å². The molecular weight excluding hydrogens is 472 g/mol. The van der Waals surface area contributed by atoms with E-state index in [0.717, 1.165) is 5.56 Å². The molecule has 35 heavy (non-hydrogen) atoms. The zero-order chi connectivity index (χ0) is 25.3. The molecule has 2 rings (SSSR count). The molecular formula is C25H39ClN4O5. The highest BCUT2D eigenvalue weighted by atomic mass is 35.5. The van der Waals surface area contributed by atoms with E-state index in [0.29, 0.717) is 18.8 Å². The van der Waals surface area contributed by atoms with Gasteiger partial charge in [0.05, 0.1) is 12.6 Å². The van der Waals surface area contributed by atoms with Crippen LogP contribution < -0.4 is 16.0 Å². The smallest absolute Gasteiger partial charge is 0.408 e. The van der Waals surface area contributed by atoms with Gasteiger partial charge >= 0.3 is 6.09 Å². The largest absolute Gasteiger partial charge is 0.445 e. The molecule has 1 aliphatic heterocycles. The zero-order valence-electron chi connectivity index (χ0n) is 21.2. The third-order valence-corrected chi connectivity index (χ3v) is 5.65. The maximum absolute atomic E-state index is 13.0. The molecule has 0 spiro atoms. The molecule has 0 aliphatic carbocycles. The van der Waals surface area contributed by atoms with Crippen LogP contribution in [0.15, 0.2) is 30.3 Å². The molecule has 196 valence electrons. The summed E-state index contributed by atoms with van der Waals surface area (Å²) in [6, 6.07) is 7.21. The summed E-state index contributed by atoms with van der Waals surface area (Å²) in [7, 11) is 1.72. The van der Waals surface area contributed by atoms with Crippen LogP contribution in [0.1, 0.15) is 46.1 Å². The Morgan fingerprint density at radius 1 is 1.03 bits per heavy atom. The number of likely N-dealkylation sites (tertiary alicyclic amines) is 1. The van der Waals surface area contributed by atoms with E-state index in [1.54, 1.807) is 7.05 Å². The number of rotatable bonds is 11. The number of nitrogens with zero attached hydrogens (tertiary/aromatic N) is 1. The van der Waals surface area contributed by atoms with Gasteiger partial charge in [-0.1, -0.05) is 58.0 Å². The molecule has 1 aromatic rings. The molecule has 3 N–H and O–H groups in total. The summed E-state index contributed by atoms with van der Waals surface area (Å²) in [6.45, 7) is 8.10. The van der Waals surface area contributed by atoms with Crippen molar-refractivity contribution in [3.05, 3.63) is 35.9 Å². The molecule has 1 saturated heterocycles. The number of alkyl carbamates (subject to hydrolysis) is 1. The summed E-state index contributed by atoms with van der Waals surface area (Å²) in [6.07, 6.45) is 0.332. The highest BCUT2D eigenvalue weighted by molar-refractivity contribution is 5.98. The minimum absolute atomic E-state index is 0. The van der Waals surface area contributed by atoms with Crippen molar-refractivity contribution in [1.29, 1.82) is 0 Å². The van der Waals surface area contributed by atoms with E-state index in [1.165, 1.54) is 4.90 Å². The summed E-state index contributed by atoms with van der Waals surface area (Å²) in [4.78, 5) is 52.1. The number of ketones is 1. The van der Waals surface area contributed by atoms with E-state index in [4.69, 9.17) is 4.74 Å². The van der Waals surface area contributed by atoms with Crippen LogP contribution >= 0.6 is 12.4 Å². The SMILES string of the molecule is CN[C@@H](CC(C)C)C(=O)N1CC(=O)C(NC(=O)[C@H](CC(C)C)NC(=O)OCc2ccccc2)C1.Cl. The van der Waals surface area contributed by atoms with Gasteiger partial charge < -0.3 is 25.6 Å². The summed E-state index contributed by atoms with van der Waals surface area (Å²) in [5, 5.41) is 8.35. The fraction of sp³-hybridized carbons (Fsp3) is 0.600. The molecule has 0 radical (unpaired) electrons. The van der Waals surface area contributed by atoms with Crippen molar-refractivity contribution in [2.24, 2.45) is 11.8 Å². The molecule has 3 atom stereocenters. The molecule has 0 aromatic heterocycles. The molecule has 9 nitrogen and oxygen atoms in total. The zero-order valence-corrected chi connectivity index (χ0v) is 22.0. The Labute approximate surface area is 214 Å². The number of likely N-dealkylation sites (N-methyl/N-ethyl adjacent to an activating group) is 1. The number of carbonyl (C=O) groups excluding carboxylic acids is 4. The second kappa shape index (κ2) is 14.7. The van der Waals surface area contributed by atoms with Crippen LogP contribution in [0.25, 0.3) is 0 Å². The quantitative estimate of drug-likeness (QED) is 0.420. The van der Waals surface area contributed by atoms with E-state index >= 15 is 0 Å². The van der Waals surface area contributed by atoms with Gasteiger partial charge in [-0.15, -0.1) is 12.4 Å². The first-order valence-corrected chi connectivity index (χ1v) is 11.9. The molecule has 1 heterocycles. The molecule has 10 heteroatoms. The van der Waals surface area contributed by atoms with Crippen molar-refractivity contribution in [1.82, 2.24) is 20.9 Å². The number of hydrogen-bond donors (Lipinski definition) is 3. The third kappa shape index (κ3) is 9.85. The summed E-state index contributed by atoms with van der Waals surface area (Å²) in [5.41, 5.74) is 0.834. The standard InChI is InChI=1S/C25H38N4O5.ClH/c1-16(2)11-19(28-25(33)34-15-18-9-7-6-8-10-18)23(31)27-21-13-29(14-22(21)30)24(32)20(26-5)12-17(3)4;/h6-10,16-17,19-21,26H,11-15H2,1-5H3,(H,27,31)(H,28,33);1H/t19-,20-,21?;/m0./s1. The van der Waals surface area contributed by atoms with Gasteiger partial charge in [0, 0.05) is 6.54 Å². The Morgan fingerprint density at radius 2 is 1.63 bits per heavy atom. The van der Waals surface area contributed by atoms with E-state index in [1.807, 2.05) is 58.0 Å². The Hall–Kier alpha value is -2.65. The minimum atomic E-state index is -0.855. The molecule has 0 bridgehead atoms. The second-order valence-corrected chi connectivity index (χ2v) is 9.61. The highest BCUT2D eigenvalue weighted by Gasteiger charge is 2.38. The average Bonchev–Trinajstić information content (AvgIpc) is 3.15. The van der Waals surface area contributed by atoms with Crippen molar-refractivity contribution in [3.8, 4) is 0 Å². The van der Waals surface area contributed by atoms with Gasteiger partial charge in [-0.25, -0.2) is 4.79 Å². The molecule has 1 aliphatic rings. The summed E-state index contributed by atoms with van der Waals surface area (Å²) in [5.74, 6) is -0.404. The fourth-order valence-corrected chi connectivity index (χ4v) is 3.90. The van der Waals surface area contributed by atoms with Crippen LogP contribution in [0.3, 0.4) is 0 Å². The molecule has 1 aromatic carbocycles. The predicted octanol–water partition coefficient (Wildman–Crippen LogP) is 2.28. The van der Waals surface area contributed by atoms with Crippen LogP contribution in [-0.2, 0) is 25.7 Å². The van der Waals surface area contributed by atoms with Crippen LogP contribution in [-0.4, -0.2) is 66.9 Å². The lowest BCUT2D eigenvalue weighted by atomic mass is 10.0. The Kier molecular flexibility index (Phi) is 12.7. The van der Waals surface area contributed by atoms with E-state index in [2.05, 4.69) is 16.0 Å². The molecule has 0 saturated carbocycles. The first-order valence-electron chi connectivity index (χ1n) is 11.9.